The van der Waals surface area contributed by atoms with E-state index in [1.165, 1.54) is 0 Å². The Labute approximate surface area is 59.4 Å². The SMILES string of the molecule is CC(C)C1CC(=O)C(=O)O1. The van der Waals surface area contributed by atoms with Gasteiger partial charge in [0.2, 0.25) is 5.78 Å². The van der Waals surface area contributed by atoms with Crippen LogP contribution < -0.4 is 0 Å². The van der Waals surface area contributed by atoms with Gasteiger partial charge in [-0.1, -0.05) is 13.8 Å². The zero-order valence-corrected chi connectivity index (χ0v) is 6.09. The van der Waals surface area contributed by atoms with E-state index < -0.39 is 11.8 Å². The van der Waals surface area contributed by atoms with Gasteiger partial charge in [0.15, 0.2) is 0 Å². The number of esters is 1. The van der Waals surface area contributed by atoms with Crippen molar-refractivity contribution in [1.29, 1.82) is 0 Å². The van der Waals surface area contributed by atoms with E-state index in [1.54, 1.807) is 0 Å². The van der Waals surface area contributed by atoms with Crippen molar-refractivity contribution in [2.75, 3.05) is 0 Å². The van der Waals surface area contributed by atoms with Crippen molar-refractivity contribution in [1.82, 2.24) is 0 Å². The highest BCUT2D eigenvalue weighted by Crippen LogP contribution is 2.17. The topological polar surface area (TPSA) is 43.4 Å². The summed E-state index contributed by atoms with van der Waals surface area (Å²) in [6.45, 7) is 3.85. The molecule has 3 nitrogen and oxygen atoms in total. The van der Waals surface area contributed by atoms with Crippen LogP contribution in [0.5, 0.6) is 0 Å². The molecule has 1 atom stereocenters. The van der Waals surface area contributed by atoms with Gasteiger partial charge in [-0.2, -0.15) is 0 Å². The molecule has 0 saturated carbocycles. The number of rotatable bonds is 1. The third-order valence-electron chi connectivity index (χ3n) is 1.62. The Hall–Kier alpha value is -0.860. The van der Waals surface area contributed by atoms with Gasteiger partial charge in [0.25, 0.3) is 0 Å². The Balaban J connectivity index is 2.57. The number of carbonyl (C=O) groups excluding carboxylic acids is 2. The van der Waals surface area contributed by atoms with Gasteiger partial charge in [-0.05, 0) is 5.92 Å². The lowest BCUT2D eigenvalue weighted by Crippen LogP contribution is -2.13. The van der Waals surface area contributed by atoms with Crippen LogP contribution in [-0.4, -0.2) is 17.9 Å². The van der Waals surface area contributed by atoms with Gasteiger partial charge in [-0.15, -0.1) is 0 Å². The van der Waals surface area contributed by atoms with E-state index in [0.717, 1.165) is 0 Å². The molecule has 0 radical (unpaired) electrons. The third-order valence-corrected chi connectivity index (χ3v) is 1.62. The molecule has 1 unspecified atom stereocenters. The summed E-state index contributed by atoms with van der Waals surface area (Å²) in [7, 11) is 0. The normalized spacial score (nSPS) is 25.7. The highest BCUT2D eigenvalue weighted by molar-refractivity contribution is 6.35. The summed E-state index contributed by atoms with van der Waals surface area (Å²) >= 11 is 0. The van der Waals surface area contributed by atoms with Crippen LogP contribution >= 0.6 is 0 Å². The van der Waals surface area contributed by atoms with E-state index >= 15 is 0 Å². The fraction of sp³-hybridized carbons (Fsp3) is 0.714. The van der Waals surface area contributed by atoms with Crippen LogP contribution in [0.3, 0.4) is 0 Å². The molecular formula is C7H10O3. The largest absolute Gasteiger partial charge is 0.456 e. The van der Waals surface area contributed by atoms with Crippen LogP contribution in [-0.2, 0) is 14.3 Å². The van der Waals surface area contributed by atoms with E-state index in [0.29, 0.717) is 0 Å². The zero-order chi connectivity index (χ0) is 7.72. The Morgan fingerprint density at radius 1 is 1.50 bits per heavy atom. The maximum absolute atomic E-state index is 10.6. The molecule has 10 heavy (non-hydrogen) atoms. The van der Waals surface area contributed by atoms with Crippen molar-refractivity contribution in [3.05, 3.63) is 0 Å². The Morgan fingerprint density at radius 2 is 2.10 bits per heavy atom. The summed E-state index contributed by atoms with van der Waals surface area (Å²) in [6.07, 6.45) is 0.0799. The molecule has 1 aliphatic heterocycles. The molecule has 1 heterocycles. The van der Waals surface area contributed by atoms with Crippen LogP contribution in [0.25, 0.3) is 0 Å². The second kappa shape index (κ2) is 2.40. The molecule has 1 rings (SSSR count). The molecule has 0 aliphatic carbocycles. The van der Waals surface area contributed by atoms with E-state index in [9.17, 15) is 9.59 Å². The first kappa shape index (κ1) is 7.25. The van der Waals surface area contributed by atoms with Crippen LogP contribution in [0.1, 0.15) is 20.3 Å². The summed E-state index contributed by atoms with van der Waals surface area (Å²) in [5.74, 6) is -0.812. The quantitative estimate of drug-likeness (QED) is 0.396. The van der Waals surface area contributed by atoms with Gasteiger partial charge in [0.05, 0.1) is 6.42 Å². The highest BCUT2D eigenvalue weighted by atomic mass is 16.6. The van der Waals surface area contributed by atoms with Gasteiger partial charge in [-0.3, -0.25) is 4.79 Å². The molecule has 0 aromatic carbocycles. The molecule has 1 saturated heterocycles. The van der Waals surface area contributed by atoms with Gasteiger partial charge in [0, 0.05) is 0 Å². The molecule has 0 amide bonds. The third kappa shape index (κ3) is 1.17. The summed E-state index contributed by atoms with van der Waals surface area (Å²) in [5, 5.41) is 0. The molecule has 0 N–H and O–H groups in total. The lowest BCUT2D eigenvalue weighted by atomic mass is 10.0. The smallest absolute Gasteiger partial charge is 0.375 e. The summed E-state index contributed by atoms with van der Waals surface area (Å²) < 4.78 is 4.75. The standard InChI is InChI=1S/C7H10O3/c1-4(2)6-3-5(8)7(9)10-6/h4,6H,3H2,1-2H3. The maximum atomic E-state index is 10.6. The van der Waals surface area contributed by atoms with Crippen molar-refractivity contribution in [2.24, 2.45) is 5.92 Å². The summed E-state index contributed by atoms with van der Waals surface area (Å²) in [5.41, 5.74) is 0. The second-order valence-electron chi connectivity index (χ2n) is 2.82. The van der Waals surface area contributed by atoms with Crippen molar-refractivity contribution in [2.45, 2.75) is 26.4 Å². The number of hydrogen-bond donors (Lipinski definition) is 0. The molecule has 1 fully saturated rings. The van der Waals surface area contributed by atoms with Gasteiger partial charge in [-0.25, -0.2) is 4.79 Å². The minimum absolute atomic E-state index is 0.181. The first-order valence-electron chi connectivity index (χ1n) is 3.35. The summed E-state index contributed by atoms with van der Waals surface area (Å²) in [4.78, 5) is 21.1. The van der Waals surface area contributed by atoms with E-state index in [-0.39, 0.29) is 18.4 Å². The van der Waals surface area contributed by atoms with Crippen molar-refractivity contribution < 1.29 is 14.3 Å². The minimum Gasteiger partial charge on any atom is -0.456 e. The van der Waals surface area contributed by atoms with Crippen molar-refractivity contribution in [3.63, 3.8) is 0 Å². The van der Waals surface area contributed by atoms with Crippen LogP contribution in [0.2, 0.25) is 0 Å². The molecule has 0 spiro atoms. The lowest BCUT2D eigenvalue weighted by molar-refractivity contribution is -0.149. The first-order chi connectivity index (χ1) is 4.61. The monoisotopic (exact) mass is 142 g/mol. The maximum Gasteiger partial charge on any atom is 0.375 e. The molecule has 3 heteroatoms. The Morgan fingerprint density at radius 3 is 2.30 bits per heavy atom. The predicted octanol–water partition coefficient (Wildman–Crippen LogP) is 0.527. The zero-order valence-electron chi connectivity index (χ0n) is 6.09. The molecule has 0 aromatic rings. The average Bonchev–Trinajstić information content (AvgIpc) is 2.13. The average molecular weight is 142 g/mol. The van der Waals surface area contributed by atoms with Crippen LogP contribution in [0, 0.1) is 5.92 Å². The van der Waals surface area contributed by atoms with Crippen molar-refractivity contribution in [3.8, 4) is 0 Å². The number of cyclic esters (lactones) is 1. The summed E-state index contributed by atoms with van der Waals surface area (Å²) in [6, 6.07) is 0. The molecule has 0 aromatic heterocycles. The molecule has 0 bridgehead atoms. The lowest BCUT2D eigenvalue weighted by Gasteiger charge is -2.10. The number of Topliss-reactive ketones (excluding diaryl/α,β-unsaturated/α-hetero) is 1. The molecule has 1 aliphatic rings. The Kier molecular flexibility index (Phi) is 1.74. The highest BCUT2D eigenvalue weighted by Gasteiger charge is 2.33. The van der Waals surface area contributed by atoms with E-state index in [2.05, 4.69) is 0 Å². The van der Waals surface area contributed by atoms with Gasteiger partial charge < -0.3 is 4.74 Å². The number of hydrogen-bond acceptors (Lipinski definition) is 3. The van der Waals surface area contributed by atoms with Crippen LogP contribution in [0.15, 0.2) is 0 Å². The predicted molar refractivity (Wildman–Crippen MR) is 34.3 cm³/mol. The minimum atomic E-state index is -0.668. The van der Waals surface area contributed by atoms with E-state index in [4.69, 9.17) is 4.74 Å². The molecule has 56 valence electrons. The second-order valence-corrected chi connectivity index (χ2v) is 2.82. The van der Waals surface area contributed by atoms with Gasteiger partial charge >= 0.3 is 5.97 Å². The van der Waals surface area contributed by atoms with Gasteiger partial charge in [0.1, 0.15) is 6.10 Å². The van der Waals surface area contributed by atoms with E-state index in [1.807, 2.05) is 13.8 Å². The Bertz CT molecular complexity index is 156. The number of ketones is 1. The first-order valence-corrected chi connectivity index (χ1v) is 3.35. The number of ether oxygens (including phenoxy) is 1. The fourth-order valence-electron chi connectivity index (χ4n) is 0.883. The molecular weight excluding hydrogens is 132 g/mol. The van der Waals surface area contributed by atoms with Crippen molar-refractivity contribution >= 4 is 11.8 Å². The van der Waals surface area contributed by atoms with Crippen LogP contribution in [0.4, 0.5) is 0 Å². The number of carbonyl (C=O) groups is 2. The fourth-order valence-corrected chi connectivity index (χ4v) is 0.883.